The molecule has 0 N–H and O–H groups in total. The minimum atomic E-state index is -4.19. The standard InChI is InChI=1S/C6H9F3O.C2H6/c1-4(2)5(3-10-5)6(7,8)9;1-2/h4H,3H2,1-2H3;1-2H3. The van der Waals surface area contributed by atoms with Crippen LogP contribution in [0.15, 0.2) is 0 Å². The molecule has 1 heterocycles. The molecule has 12 heavy (non-hydrogen) atoms. The quantitative estimate of drug-likeness (QED) is 0.571. The SMILES string of the molecule is CC.CC(C)C1(C(F)(F)F)CO1. The van der Waals surface area contributed by atoms with Gasteiger partial charge in [0, 0.05) is 0 Å². The van der Waals surface area contributed by atoms with Crippen LogP contribution in [0.5, 0.6) is 0 Å². The summed E-state index contributed by atoms with van der Waals surface area (Å²) < 4.78 is 40.5. The Labute approximate surface area is 70.9 Å². The van der Waals surface area contributed by atoms with Crippen molar-refractivity contribution in [1.82, 2.24) is 0 Å². The van der Waals surface area contributed by atoms with Gasteiger partial charge in [-0.25, -0.2) is 0 Å². The summed E-state index contributed by atoms with van der Waals surface area (Å²) in [6.07, 6.45) is -4.19. The van der Waals surface area contributed by atoms with Gasteiger partial charge in [-0.15, -0.1) is 0 Å². The van der Waals surface area contributed by atoms with Gasteiger partial charge in [0.1, 0.15) is 0 Å². The van der Waals surface area contributed by atoms with Crippen molar-refractivity contribution in [3.8, 4) is 0 Å². The number of hydrogen-bond donors (Lipinski definition) is 0. The Hall–Kier alpha value is -0.250. The second kappa shape index (κ2) is 3.64. The van der Waals surface area contributed by atoms with Crippen molar-refractivity contribution in [3.05, 3.63) is 0 Å². The number of hydrogen-bond acceptors (Lipinski definition) is 1. The summed E-state index contributed by atoms with van der Waals surface area (Å²) in [6, 6.07) is 0. The molecule has 1 aliphatic heterocycles. The lowest BCUT2D eigenvalue weighted by Gasteiger charge is -2.18. The predicted molar refractivity (Wildman–Crippen MR) is 40.9 cm³/mol. The topological polar surface area (TPSA) is 12.5 Å². The molecule has 74 valence electrons. The molecule has 1 fully saturated rings. The first-order valence-corrected chi connectivity index (χ1v) is 4.11. The third-order valence-electron chi connectivity index (χ3n) is 1.87. The zero-order valence-electron chi connectivity index (χ0n) is 7.83. The Morgan fingerprint density at radius 3 is 1.58 bits per heavy atom. The fraction of sp³-hybridized carbons (Fsp3) is 1.00. The van der Waals surface area contributed by atoms with Gasteiger partial charge in [0.05, 0.1) is 6.61 Å². The highest BCUT2D eigenvalue weighted by atomic mass is 19.4. The molecule has 0 amide bonds. The second-order valence-corrected chi connectivity index (χ2v) is 2.83. The maximum atomic E-state index is 12.0. The van der Waals surface area contributed by atoms with Crippen molar-refractivity contribution in [2.45, 2.75) is 39.5 Å². The Bertz CT molecular complexity index is 136. The zero-order chi connectivity index (χ0) is 9.99. The first-order chi connectivity index (χ1) is 5.40. The maximum absolute atomic E-state index is 12.0. The Kier molecular flexibility index (Phi) is 3.57. The molecule has 0 spiro atoms. The lowest BCUT2D eigenvalue weighted by atomic mass is 9.96. The van der Waals surface area contributed by atoms with E-state index in [-0.39, 0.29) is 6.61 Å². The lowest BCUT2D eigenvalue weighted by molar-refractivity contribution is -0.195. The van der Waals surface area contributed by atoms with Crippen LogP contribution in [0.1, 0.15) is 27.7 Å². The highest BCUT2D eigenvalue weighted by molar-refractivity contribution is 5.01. The molecule has 0 bridgehead atoms. The van der Waals surface area contributed by atoms with E-state index in [4.69, 9.17) is 0 Å². The molecular weight excluding hydrogens is 169 g/mol. The normalized spacial score (nSPS) is 28.0. The number of ether oxygens (including phenoxy) is 1. The van der Waals surface area contributed by atoms with Crippen LogP contribution in [-0.4, -0.2) is 18.4 Å². The minimum Gasteiger partial charge on any atom is -0.359 e. The van der Waals surface area contributed by atoms with Gasteiger partial charge in [0.15, 0.2) is 5.60 Å². The number of alkyl halides is 3. The third-order valence-corrected chi connectivity index (χ3v) is 1.87. The van der Waals surface area contributed by atoms with Crippen LogP contribution < -0.4 is 0 Å². The first-order valence-electron chi connectivity index (χ1n) is 4.11. The van der Waals surface area contributed by atoms with E-state index >= 15 is 0 Å². The Balaban J connectivity index is 0.000000561. The van der Waals surface area contributed by atoms with Crippen LogP contribution in [0.2, 0.25) is 0 Å². The third kappa shape index (κ3) is 1.91. The molecule has 1 atom stereocenters. The van der Waals surface area contributed by atoms with E-state index in [9.17, 15) is 13.2 Å². The molecule has 0 aromatic carbocycles. The highest BCUT2D eigenvalue weighted by Crippen LogP contribution is 2.48. The Morgan fingerprint density at radius 2 is 1.58 bits per heavy atom. The number of rotatable bonds is 1. The van der Waals surface area contributed by atoms with Gasteiger partial charge in [-0.3, -0.25) is 0 Å². The minimum absolute atomic E-state index is 0.172. The molecule has 0 saturated carbocycles. The van der Waals surface area contributed by atoms with Crippen molar-refractivity contribution in [2.75, 3.05) is 6.61 Å². The molecule has 0 aromatic heterocycles. The molecule has 4 heteroatoms. The first kappa shape index (κ1) is 11.8. The number of epoxide rings is 1. The van der Waals surface area contributed by atoms with Crippen LogP contribution in [-0.2, 0) is 4.74 Å². The predicted octanol–water partition coefficient (Wildman–Crippen LogP) is 3.00. The number of halogens is 3. The molecule has 1 rings (SSSR count). The van der Waals surface area contributed by atoms with Crippen LogP contribution in [0.25, 0.3) is 0 Å². The van der Waals surface area contributed by atoms with Gasteiger partial charge in [0.25, 0.3) is 0 Å². The summed E-state index contributed by atoms with van der Waals surface area (Å²) in [6.45, 7) is 6.86. The summed E-state index contributed by atoms with van der Waals surface area (Å²) in [7, 11) is 0. The van der Waals surface area contributed by atoms with E-state index in [1.165, 1.54) is 13.8 Å². The van der Waals surface area contributed by atoms with E-state index in [2.05, 4.69) is 4.74 Å². The smallest absolute Gasteiger partial charge is 0.359 e. The molecule has 1 nitrogen and oxygen atoms in total. The average Bonchev–Trinajstić information content (AvgIpc) is 2.68. The average molecular weight is 184 g/mol. The van der Waals surface area contributed by atoms with Crippen molar-refractivity contribution < 1.29 is 17.9 Å². The fourth-order valence-electron chi connectivity index (χ4n) is 0.902. The van der Waals surface area contributed by atoms with E-state index in [0.29, 0.717) is 0 Å². The fourth-order valence-corrected chi connectivity index (χ4v) is 0.902. The summed E-state index contributed by atoms with van der Waals surface area (Å²) in [5, 5.41) is 0. The van der Waals surface area contributed by atoms with Gasteiger partial charge in [0.2, 0.25) is 0 Å². The molecule has 0 aliphatic carbocycles. The van der Waals surface area contributed by atoms with Crippen LogP contribution in [0, 0.1) is 5.92 Å². The van der Waals surface area contributed by atoms with E-state index in [1.54, 1.807) is 0 Å². The van der Waals surface area contributed by atoms with Crippen molar-refractivity contribution in [2.24, 2.45) is 5.92 Å². The highest BCUT2D eigenvalue weighted by Gasteiger charge is 2.67. The second-order valence-electron chi connectivity index (χ2n) is 2.83. The summed E-state index contributed by atoms with van der Waals surface area (Å²) >= 11 is 0. The molecule has 1 aliphatic rings. The molecule has 0 aromatic rings. The van der Waals surface area contributed by atoms with E-state index in [1.807, 2.05) is 13.8 Å². The monoisotopic (exact) mass is 184 g/mol. The summed E-state index contributed by atoms with van der Waals surface area (Å²) in [5.41, 5.74) is -1.81. The molecule has 1 saturated heterocycles. The van der Waals surface area contributed by atoms with Crippen LogP contribution in [0.4, 0.5) is 13.2 Å². The van der Waals surface area contributed by atoms with Gasteiger partial charge < -0.3 is 4.74 Å². The van der Waals surface area contributed by atoms with Gasteiger partial charge in [-0.1, -0.05) is 27.7 Å². The van der Waals surface area contributed by atoms with E-state index in [0.717, 1.165) is 0 Å². The largest absolute Gasteiger partial charge is 0.419 e. The summed E-state index contributed by atoms with van der Waals surface area (Å²) in [5.74, 6) is -0.479. The van der Waals surface area contributed by atoms with Gasteiger partial charge in [-0.05, 0) is 5.92 Å². The zero-order valence-corrected chi connectivity index (χ0v) is 7.83. The van der Waals surface area contributed by atoms with Crippen molar-refractivity contribution >= 4 is 0 Å². The summed E-state index contributed by atoms with van der Waals surface area (Å²) in [4.78, 5) is 0. The lowest BCUT2D eigenvalue weighted by Crippen LogP contribution is -2.37. The molecule has 1 unspecified atom stereocenters. The van der Waals surface area contributed by atoms with Crippen molar-refractivity contribution in [3.63, 3.8) is 0 Å². The maximum Gasteiger partial charge on any atom is 0.419 e. The van der Waals surface area contributed by atoms with Gasteiger partial charge >= 0.3 is 6.18 Å². The van der Waals surface area contributed by atoms with E-state index < -0.39 is 17.7 Å². The van der Waals surface area contributed by atoms with Crippen molar-refractivity contribution in [1.29, 1.82) is 0 Å². The van der Waals surface area contributed by atoms with Gasteiger partial charge in [-0.2, -0.15) is 13.2 Å². The molecular formula is C8H15F3O. The van der Waals surface area contributed by atoms with Crippen LogP contribution >= 0.6 is 0 Å². The molecule has 0 radical (unpaired) electrons. The van der Waals surface area contributed by atoms with Crippen LogP contribution in [0.3, 0.4) is 0 Å². The Morgan fingerprint density at radius 1 is 1.25 bits per heavy atom.